The first-order chi connectivity index (χ1) is 7.53. The molecule has 0 atom stereocenters. The van der Waals surface area contributed by atoms with Gasteiger partial charge in [-0.2, -0.15) is 0 Å². The van der Waals surface area contributed by atoms with Crippen LogP contribution in [0.2, 0.25) is 0 Å². The van der Waals surface area contributed by atoms with Gasteiger partial charge in [-0.3, -0.25) is 4.79 Å². The van der Waals surface area contributed by atoms with Gasteiger partial charge in [0.1, 0.15) is 0 Å². The largest absolute Gasteiger partial charge is 0.493 e. The fourth-order valence-electron chi connectivity index (χ4n) is 1.95. The number of rotatable bonds is 3. The molecule has 0 aliphatic heterocycles. The van der Waals surface area contributed by atoms with Crippen molar-refractivity contribution in [2.75, 3.05) is 7.11 Å². The average Bonchev–Trinajstić information content (AvgIpc) is 3.02. The minimum absolute atomic E-state index is 0.0694. The van der Waals surface area contributed by atoms with Crippen LogP contribution in [0.1, 0.15) is 24.0 Å². The summed E-state index contributed by atoms with van der Waals surface area (Å²) in [5.41, 5.74) is -0.0211. The number of hydrogen-bond acceptors (Lipinski definition) is 2. The third-order valence-electron chi connectivity index (χ3n) is 3.17. The summed E-state index contributed by atoms with van der Waals surface area (Å²) in [7, 11) is 1.36. The normalized spacial score (nSPS) is 16.9. The molecule has 1 aliphatic rings. The average molecular weight is 224 g/mol. The summed E-state index contributed by atoms with van der Waals surface area (Å²) >= 11 is 0. The molecule has 3 nitrogen and oxygen atoms in total. The molecule has 0 radical (unpaired) electrons. The lowest BCUT2D eigenvalue weighted by Crippen LogP contribution is -2.21. The monoisotopic (exact) mass is 224 g/mol. The highest BCUT2D eigenvalue weighted by atomic mass is 19.1. The lowest BCUT2D eigenvalue weighted by atomic mass is 9.94. The van der Waals surface area contributed by atoms with Gasteiger partial charge in [0.25, 0.3) is 0 Å². The SMILES string of the molecule is COc1c(C2(C(=O)O)CC2)ccc(C)c1F. The number of benzene rings is 1. The highest BCUT2D eigenvalue weighted by Crippen LogP contribution is 2.52. The number of hydrogen-bond donors (Lipinski definition) is 1. The van der Waals surface area contributed by atoms with Crippen molar-refractivity contribution in [3.05, 3.63) is 29.1 Å². The molecule has 86 valence electrons. The van der Waals surface area contributed by atoms with E-state index in [9.17, 15) is 9.18 Å². The zero-order valence-electron chi connectivity index (χ0n) is 9.21. The molecule has 0 aromatic heterocycles. The first-order valence-electron chi connectivity index (χ1n) is 5.10. The van der Waals surface area contributed by atoms with Crippen LogP contribution in [0.4, 0.5) is 4.39 Å². The highest BCUT2D eigenvalue weighted by Gasteiger charge is 2.53. The Balaban J connectivity index is 2.58. The summed E-state index contributed by atoms with van der Waals surface area (Å²) < 4.78 is 18.8. The van der Waals surface area contributed by atoms with Crippen molar-refractivity contribution in [2.45, 2.75) is 25.2 Å². The van der Waals surface area contributed by atoms with Crippen molar-refractivity contribution in [3.63, 3.8) is 0 Å². The van der Waals surface area contributed by atoms with E-state index in [4.69, 9.17) is 9.84 Å². The Morgan fingerprint density at radius 1 is 1.50 bits per heavy atom. The van der Waals surface area contributed by atoms with Crippen molar-refractivity contribution in [1.82, 2.24) is 0 Å². The molecule has 0 spiro atoms. The summed E-state index contributed by atoms with van der Waals surface area (Å²) in [4.78, 5) is 11.2. The molecule has 0 saturated heterocycles. The molecule has 2 rings (SSSR count). The van der Waals surface area contributed by atoms with Gasteiger partial charge in [0, 0.05) is 5.56 Å². The van der Waals surface area contributed by atoms with Gasteiger partial charge < -0.3 is 9.84 Å². The lowest BCUT2D eigenvalue weighted by molar-refractivity contribution is -0.140. The van der Waals surface area contributed by atoms with Crippen LogP contribution < -0.4 is 4.74 Å². The second kappa shape index (κ2) is 3.47. The molecule has 1 N–H and O–H groups in total. The van der Waals surface area contributed by atoms with E-state index in [1.54, 1.807) is 19.1 Å². The van der Waals surface area contributed by atoms with Crippen LogP contribution in [-0.2, 0) is 10.2 Å². The standard InChI is InChI=1S/C12H13FO3/c1-7-3-4-8(10(16-2)9(7)13)12(5-6-12)11(14)15/h3-4H,5-6H2,1-2H3,(H,14,15). The maximum Gasteiger partial charge on any atom is 0.314 e. The van der Waals surface area contributed by atoms with Crippen LogP contribution in [0, 0.1) is 12.7 Å². The van der Waals surface area contributed by atoms with E-state index >= 15 is 0 Å². The van der Waals surface area contributed by atoms with Crippen LogP contribution in [0.5, 0.6) is 5.75 Å². The molecule has 0 unspecified atom stereocenters. The number of aryl methyl sites for hydroxylation is 1. The lowest BCUT2D eigenvalue weighted by Gasteiger charge is -2.16. The number of carboxylic acid groups (broad SMARTS) is 1. The molecular weight excluding hydrogens is 211 g/mol. The molecule has 1 aromatic carbocycles. The van der Waals surface area contributed by atoms with Crippen LogP contribution in [0.25, 0.3) is 0 Å². The molecular formula is C12H13FO3. The Labute approximate surface area is 92.9 Å². The molecule has 1 aliphatic carbocycles. The number of carboxylic acids is 1. The Morgan fingerprint density at radius 3 is 2.56 bits per heavy atom. The minimum Gasteiger partial charge on any atom is -0.493 e. The van der Waals surface area contributed by atoms with Crippen LogP contribution >= 0.6 is 0 Å². The predicted molar refractivity (Wildman–Crippen MR) is 56.2 cm³/mol. The zero-order chi connectivity index (χ0) is 11.9. The third-order valence-corrected chi connectivity index (χ3v) is 3.17. The highest BCUT2D eigenvalue weighted by molar-refractivity contribution is 5.86. The Morgan fingerprint density at radius 2 is 2.12 bits per heavy atom. The number of aliphatic carboxylic acids is 1. The van der Waals surface area contributed by atoms with Gasteiger partial charge in [0.2, 0.25) is 0 Å². The van der Waals surface area contributed by atoms with Gasteiger partial charge >= 0.3 is 5.97 Å². The molecule has 0 heterocycles. The van der Waals surface area contributed by atoms with E-state index in [1.165, 1.54) is 7.11 Å². The maximum absolute atomic E-state index is 13.8. The molecule has 1 fully saturated rings. The van der Waals surface area contributed by atoms with Crippen molar-refractivity contribution in [2.24, 2.45) is 0 Å². The number of methoxy groups -OCH3 is 1. The van der Waals surface area contributed by atoms with Gasteiger partial charge in [-0.1, -0.05) is 12.1 Å². The zero-order valence-corrected chi connectivity index (χ0v) is 9.21. The topological polar surface area (TPSA) is 46.5 Å². The van der Waals surface area contributed by atoms with Gasteiger partial charge in [0.15, 0.2) is 11.6 Å². The van der Waals surface area contributed by atoms with E-state index in [-0.39, 0.29) is 5.75 Å². The quantitative estimate of drug-likeness (QED) is 0.856. The second-order valence-corrected chi connectivity index (χ2v) is 4.16. The van der Waals surface area contributed by atoms with Crippen molar-refractivity contribution in [1.29, 1.82) is 0 Å². The van der Waals surface area contributed by atoms with E-state index in [0.29, 0.717) is 24.0 Å². The smallest absolute Gasteiger partial charge is 0.314 e. The molecule has 1 aromatic rings. The summed E-state index contributed by atoms with van der Waals surface area (Å²) in [6.07, 6.45) is 1.09. The van der Waals surface area contributed by atoms with Gasteiger partial charge in [-0.15, -0.1) is 0 Å². The summed E-state index contributed by atoms with van der Waals surface area (Å²) in [6.45, 7) is 1.63. The second-order valence-electron chi connectivity index (χ2n) is 4.16. The van der Waals surface area contributed by atoms with Crippen LogP contribution in [-0.4, -0.2) is 18.2 Å². The number of carbonyl (C=O) groups is 1. The fraction of sp³-hybridized carbons (Fsp3) is 0.417. The van der Waals surface area contributed by atoms with Crippen molar-refractivity contribution < 1.29 is 19.0 Å². The molecule has 4 heteroatoms. The summed E-state index contributed by atoms with van der Waals surface area (Å²) in [5, 5.41) is 9.16. The molecule has 16 heavy (non-hydrogen) atoms. The Hall–Kier alpha value is -1.58. The molecule has 0 amide bonds. The van der Waals surface area contributed by atoms with E-state index in [0.717, 1.165) is 0 Å². The first kappa shape index (κ1) is 10.9. The van der Waals surface area contributed by atoms with E-state index in [2.05, 4.69) is 0 Å². The van der Waals surface area contributed by atoms with Crippen molar-refractivity contribution >= 4 is 5.97 Å². The first-order valence-corrected chi connectivity index (χ1v) is 5.10. The fourth-order valence-corrected chi connectivity index (χ4v) is 1.95. The van der Waals surface area contributed by atoms with Crippen LogP contribution in [0.3, 0.4) is 0 Å². The maximum atomic E-state index is 13.8. The Kier molecular flexibility index (Phi) is 2.37. The van der Waals surface area contributed by atoms with Crippen LogP contribution in [0.15, 0.2) is 12.1 Å². The number of ether oxygens (including phenoxy) is 1. The van der Waals surface area contributed by atoms with E-state index < -0.39 is 17.2 Å². The summed E-state index contributed by atoms with van der Waals surface area (Å²) in [6, 6.07) is 3.24. The van der Waals surface area contributed by atoms with Crippen molar-refractivity contribution in [3.8, 4) is 5.75 Å². The van der Waals surface area contributed by atoms with Gasteiger partial charge in [-0.25, -0.2) is 4.39 Å². The van der Waals surface area contributed by atoms with E-state index in [1.807, 2.05) is 0 Å². The predicted octanol–water partition coefficient (Wildman–Crippen LogP) is 2.26. The van der Waals surface area contributed by atoms with Gasteiger partial charge in [-0.05, 0) is 25.3 Å². The molecule has 0 bridgehead atoms. The molecule has 1 saturated carbocycles. The summed E-state index contributed by atoms with van der Waals surface area (Å²) in [5.74, 6) is -1.30. The van der Waals surface area contributed by atoms with Gasteiger partial charge in [0.05, 0.1) is 12.5 Å². The minimum atomic E-state index is -0.931. The Bertz CT molecular complexity index is 450. The third kappa shape index (κ3) is 1.37. The number of halogens is 1.